The second-order valence-electron chi connectivity index (χ2n) is 31.2. The summed E-state index contributed by atoms with van der Waals surface area (Å²) in [6.07, 6.45) is 0. The quantitative estimate of drug-likeness (QED) is 0.128. The minimum Gasteiger partial charge on any atom is -0.458 e. The van der Waals surface area contributed by atoms with Crippen LogP contribution in [0.1, 0.15) is 50.1 Å². The van der Waals surface area contributed by atoms with Gasteiger partial charge in [0.1, 0.15) is 34.5 Å². The molecule has 111 heavy (non-hydrogen) atoms. The molecule has 6 aliphatic heterocycles. The average Bonchev–Trinajstić information content (AvgIpc) is 0.687. The third-order valence-electron chi connectivity index (χ3n) is 23.6. The van der Waals surface area contributed by atoms with Gasteiger partial charge in [0.05, 0.1) is 22.7 Å². The van der Waals surface area contributed by atoms with Gasteiger partial charge in [0.25, 0.3) is 20.1 Å². The predicted octanol–water partition coefficient (Wildman–Crippen LogP) is 20.4. The molecule has 6 aliphatic rings. The number of hydrogen-bond donors (Lipinski definition) is 1. The normalized spacial score (nSPS) is 13.1. The molecule has 9 nitrogen and oxygen atoms in total. The van der Waals surface area contributed by atoms with Crippen molar-refractivity contribution < 1.29 is 14.2 Å². The summed E-state index contributed by atoms with van der Waals surface area (Å²) in [5.41, 5.74) is 38.5. The maximum absolute atomic E-state index is 7.88. The lowest BCUT2D eigenvalue weighted by Gasteiger charge is -2.43. The molecule has 12 heteroatoms. The zero-order valence-corrected chi connectivity index (χ0v) is 63.5. The van der Waals surface area contributed by atoms with E-state index >= 15 is 0 Å². The lowest BCUT2D eigenvalue weighted by atomic mass is 9.30. The smallest absolute Gasteiger partial charge is 0.260 e. The number of anilines is 17. The number of benzene rings is 15. The summed E-state index contributed by atoms with van der Waals surface area (Å²) < 4.78 is 23.0. The first kappa shape index (κ1) is 65.9. The largest absolute Gasteiger partial charge is 0.458 e. The van der Waals surface area contributed by atoms with Gasteiger partial charge in [0, 0.05) is 110 Å². The highest BCUT2D eigenvalue weighted by Gasteiger charge is 2.50. The average molecular weight is 1430 g/mol. The van der Waals surface area contributed by atoms with Crippen LogP contribution in [0.3, 0.4) is 0 Å². The van der Waals surface area contributed by atoms with Gasteiger partial charge in [-0.2, -0.15) is 0 Å². The molecule has 0 unspecified atom stereocenters. The Kier molecular flexibility index (Phi) is 15.1. The molecule has 6 heterocycles. The molecular formula is C99H77B3N6O3. The van der Waals surface area contributed by atoms with E-state index in [1.807, 2.05) is 0 Å². The van der Waals surface area contributed by atoms with Gasteiger partial charge in [0.15, 0.2) is 0 Å². The maximum atomic E-state index is 7.88. The molecule has 0 spiro atoms. The Morgan fingerprint density at radius 2 is 0.640 bits per heavy atom. The topological polar surface area (TPSA) is 55.9 Å². The number of nitrogens with zero attached hydrogens (tertiary/aromatic N) is 5. The van der Waals surface area contributed by atoms with E-state index in [0.717, 1.165) is 175 Å². The molecule has 530 valence electrons. The lowest BCUT2D eigenvalue weighted by molar-refractivity contribution is 0.465. The second-order valence-corrected chi connectivity index (χ2v) is 31.2. The number of aryl methyl sites for hydroxylation is 9. The van der Waals surface area contributed by atoms with Crippen molar-refractivity contribution in [2.24, 2.45) is 0 Å². The van der Waals surface area contributed by atoms with Gasteiger partial charge in [-0.25, -0.2) is 0 Å². The molecule has 0 fully saturated rings. The van der Waals surface area contributed by atoms with Crippen LogP contribution in [-0.4, -0.2) is 20.1 Å². The van der Waals surface area contributed by atoms with Gasteiger partial charge >= 0.3 is 0 Å². The number of hydrogen-bond acceptors (Lipinski definition) is 9. The Morgan fingerprint density at radius 3 is 1.15 bits per heavy atom. The Hall–Kier alpha value is -13.3. The summed E-state index contributed by atoms with van der Waals surface area (Å²) in [6, 6.07) is 110. The Bertz CT molecular complexity index is 6190. The summed E-state index contributed by atoms with van der Waals surface area (Å²) in [4.78, 5) is 12.1. The predicted molar refractivity (Wildman–Crippen MR) is 466 cm³/mol. The van der Waals surface area contributed by atoms with Crippen LogP contribution in [0.4, 0.5) is 96.7 Å². The monoisotopic (exact) mass is 1430 g/mol. The first-order valence-electron chi connectivity index (χ1n) is 38.6. The number of rotatable bonds is 11. The van der Waals surface area contributed by atoms with Crippen LogP contribution in [0.15, 0.2) is 297 Å². The molecule has 0 atom stereocenters. The van der Waals surface area contributed by atoms with Crippen LogP contribution >= 0.6 is 0 Å². The Labute approximate surface area is 650 Å². The van der Waals surface area contributed by atoms with E-state index in [-0.39, 0.29) is 20.1 Å². The third kappa shape index (κ3) is 10.7. The van der Waals surface area contributed by atoms with E-state index in [9.17, 15) is 0 Å². The van der Waals surface area contributed by atoms with Crippen LogP contribution in [0, 0.1) is 62.3 Å². The van der Waals surface area contributed by atoms with Crippen molar-refractivity contribution in [3.8, 4) is 34.5 Å². The van der Waals surface area contributed by atoms with Gasteiger partial charge in [-0.15, -0.1) is 0 Å². The number of nitrogens with one attached hydrogen (secondary N) is 1. The first-order valence-corrected chi connectivity index (χ1v) is 38.6. The lowest BCUT2D eigenvalue weighted by Crippen LogP contribution is -2.64. The molecule has 15 aromatic carbocycles. The van der Waals surface area contributed by atoms with Gasteiger partial charge in [0.2, 0.25) is 0 Å². The first-order chi connectivity index (χ1) is 54.2. The summed E-state index contributed by atoms with van der Waals surface area (Å²) in [5, 5.41) is 4.20. The highest BCUT2D eigenvalue weighted by atomic mass is 16.5. The Balaban J connectivity index is 0.817. The highest BCUT2D eigenvalue weighted by Crippen LogP contribution is 2.52. The van der Waals surface area contributed by atoms with Gasteiger partial charge in [-0.05, 0) is 232 Å². The van der Waals surface area contributed by atoms with Gasteiger partial charge < -0.3 is 44.0 Å². The summed E-state index contributed by atoms with van der Waals surface area (Å²) in [7, 11) is 0. The van der Waals surface area contributed by atoms with Gasteiger partial charge in [-0.3, -0.25) is 0 Å². The molecule has 0 radical (unpaired) electrons. The molecule has 0 saturated carbocycles. The van der Waals surface area contributed by atoms with Crippen molar-refractivity contribution >= 4 is 166 Å². The SMILES string of the molecule is Cc1ccc(N(c2ccc(C)cc2)c2cc3c4c(c2)Oc2cc5c(cc2B4c2cc4c(cc2O3)Nc2cc(N(c3ccc(C)cc3)c3ccc(C)cc3)cc3c2B4c2ccccc2N3c2ccccc2)B2c3ccccc3Oc3cc(N(c4ccc(C)cc4)c4ccc(C)cc4)cc(c32)N5c2c(C)cc(C)cc2C)cc1. The van der Waals surface area contributed by atoms with E-state index in [1.165, 1.54) is 55.3 Å². The van der Waals surface area contributed by atoms with E-state index < -0.39 is 0 Å². The fraction of sp³-hybridized carbons (Fsp3) is 0.0909. The summed E-state index contributed by atoms with van der Waals surface area (Å²) in [6.45, 7) is 18.8. The molecule has 0 amide bonds. The van der Waals surface area contributed by atoms with E-state index in [1.54, 1.807) is 0 Å². The molecule has 0 saturated heterocycles. The van der Waals surface area contributed by atoms with Crippen molar-refractivity contribution in [2.45, 2.75) is 62.3 Å². The van der Waals surface area contributed by atoms with Crippen molar-refractivity contribution in [3.63, 3.8) is 0 Å². The Morgan fingerprint density at radius 1 is 0.243 bits per heavy atom. The van der Waals surface area contributed by atoms with Crippen LogP contribution < -0.4 is 93.2 Å². The fourth-order valence-corrected chi connectivity index (χ4v) is 18.5. The molecule has 0 aliphatic carbocycles. The summed E-state index contributed by atoms with van der Waals surface area (Å²) in [5.74, 6) is 4.66. The zero-order chi connectivity index (χ0) is 74.8. The van der Waals surface area contributed by atoms with E-state index in [0.29, 0.717) is 0 Å². The molecule has 0 bridgehead atoms. The standard InChI is InChI=1S/C99H77B3N6O3/c1-59-23-35-69(36-24-59)104(70-37-25-60(2)26-38-70)75-49-85-96-88(50-75)107(68-17-11-10-12-18-68)86-21-15-13-19-78(86)100(96)80-55-82-91(57-84(80)103-85)110-94-53-77(106(73-43-31-63(5)32-44-73)74-45-33-64(6)34-46-74)54-95-98(94)102(82)83-56-81-87(58-92(83)111-95)108(99-66(8)47-65(7)48-67(99)9)89-51-76(52-93-97(89)101(81)79-20-14-16-22-90(79)109-93)105(71-39-27-61(3)28-40-71)72-41-29-62(4)30-42-72/h10-58,103H,1-9H3. The highest BCUT2D eigenvalue weighted by molar-refractivity contribution is 7.03. The van der Waals surface area contributed by atoms with Crippen molar-refractivity contribution in [3.05, 3.63) is 347 Å². The van der Waals surface area contributed by atoms with E-state index in [4.69, 9.17) is 14.2 Å². The molecule has 1 N–H and O–H groups in total. The minimum atomic E-state index is -0.368. The number of ether oxygens (including phenoxy) is 3. The third-order valence-corrected chi connectivity index (χ3v) is 23.6. The maximum Gasteiger partial charge on any atom is 0.260 e. The van der Waals surface area contributed by atoms with Crippen LogP contribution in [-0.2, 0) is 0 Å². The van der Waals surface area contributed by atoms with Crippen molar-refractivity contribution in [1.29, 1.82) is 0 Å². The van der Waals surface area contributed by atoms with Gasteiger partial charge in [-0.1, -0.05) is 191 Å². The minimum absolute atomic E-state index is 0.196. The molecule has 21 rings (SSSR count). The fourth-order valence-electron chi connectivity index (χ4n) is 18.5. The van der Waals surface area contributed by atoms with Crippen molar-refractivity contribution in [2.75, 3.05) is 29.8 Å². The molecule has 0 aromatic heterocycles. The van der Waals surface area contributed by atoms with E-state index in [2.05, 4.69) is 389 Å². The number of para-hydroxylation sites is 3. The molecular weight excluding hydrogens is 1350 g/mol. The zero-order valence-electron chi connectivity index (χ0n) is 63.5. The molecule has 15 aromatic rings. The summed E-state index contributed by atoms with van der Waals surface area (Å²) >= 11 is 0. The van der Waals surface area contributed by atoms with Crippen LogP contribution in [0.25, 0.3) is 0 Å². The number of fused-ring (bicyclic) bond motifs is 12. The second kappa shape index (κ2) is 25.4. The van der Waals surface area contributed by atoms with Crippen LogP contribution in [0.2, 0.25) is 0 Å². The van der Waals surface area contributed by atoms with Crippen LogP contribution in [0.5, 0.6) is 34.5 Å². The van der Waals surface area contributed by atoms with Crippen molar-refractivity contribution in [1.82, 2.24) is 0 Å².